The van der Waals surface area contributed by atoms with Crippen molar-refractivity contribution >= 4 is 34.3 Å². The van der Waals surface area contributed by atoms with Crippen molar-refractivity contribution in [3.63, 3.8) is 0 Å². The Balaban J connectivity index is 2.26. The largest absolute Gasteiger partial charge is 0.402 e. The van der Waals surface area contributed by atoms with Crippen LogP contribution in [-0.2, 0) is 4.74 Å². The number of rotatable bonds is 5. The summed E-state index contributed by atoms with van der Waals surface area (Å²) in [6.45, 7) is 4.45. The lowest BCUT2D eigenvalue weighted by atomic mass is 10.0. The first-order chi connectivity index (χ1) is 13.0. The fraction of sp³-hybridized carbons (Fsp3) is 0.263. The summed E-state index contributed by atoms with van der Waals surface area (Å²) in [4.78, 5) is 11.3. The molecule has 0 aromatic carbocycles. The Labute approximate surface area is 157 Å². The number of nitrogens with two attached hydrogens (primary N) is 2. The van der Waals surface area contributed by atoms with Crippen LogP contribution in [0.5, 0.6) is 0 Å². The molecule has 1 aliphatic rings. The molecule has 8 nitrogen and oxygen atoms in total. The molecule has 6 N–H and O–H groups in total. The summed E-state index contributed by atoms with van der Waals surface area (Å²) in [5, 5.41) is 16.5. The molecule has 27 heavy (non-hydrogen) atoms. The van der Waals surface area contributed by atoms with E-state index in [2.05, 4.69) is 9.88 Å². The standard InChI is InChI=1S/C19H23N7O/c1-12(21)10-16(23)14-11-17(26-6-8-27-9-7-26)25-18-13(14)3-5-24-19(18)15(22)2-4-20/h2-5,10-11,20,23H,6-9,21-22H2,1H3/b12-10-,15-2-,20-4?,23-16?. The van der Waals surface area contributed by atoms with Gasteiger partial charge in [-0.05, 0) is 31.2 Å². The lowest BCUT2D eigenvalue weighted by Crippen LogP contribution is -2.36. The number of hydrogen-bond acceptors (Lipinski definition) is 8. The van der Waals surface area contributed by atoms with Crippen LogP contribution in [0.25, 0.3) is 16.6 Å². The molecule has 0 spiro atoms. The molecule has 3 rings (SSSR count). The molecule has 0 radical (unpaired) electrons. The van der Waals surface area contributed by atoms with Gasteiger partial charge in [0, 0.05) is 42.1 Å². The quantitative estimate of drug-likeness (QED) is 0.594. The van der Waals surface area contributed by atoms with Crippen LogP contribution in [0.15, 0.2) is 36.2 Å². The third-order valence-electron chi connectivity index (χ3n) is 4.25. The Morgan fingerprint density at radius 1 is 1.30 bits per heavy atom. The second kappa shape index (κ2) is 7.96. The van der Waals surface area contributed by atoms with E-state index in [0.717, 1.165) is 30.5 Å². The Kier molecular flexibility index (Phi) is 5.46. The third kappa shape index (κ3) is 3.95. The van der Waals surface area contributed by atoms with E-state index < -0.39 is 0 Å². The summed E-state index contributed by atoms with van der Waals surface area (Å²) in [6, 6.07) is 3.71. The molecule has 1 fully saturated rings. The van der Waals surface area contributed by atoms with Gasteiger partial charge in [0.15, 0.2) is 0 Å². The summed E-state index contributed by atoms with van der Waals surface area (Å²) in [5.74, 6) is 0.741. The molecular weight excluding hydrogens is 342 g/mol. The van der Waals surface area contributed by atoms with Crippen LogP contribution in [0.3, 0.4) is 0 Å². The number of nitrogens with one attached hydrogen (secondary N) is 2. The minimum absolute atomic E-state index is 0.295. The highest BCUT2D eigenvalue weighted by Crippen LogP contribution is 2.27. The molecule has 0 unspecified atom stereocenters. The Bertz CT molecular complexity index is 938. The van der Waals surface area contributed by atoms with Crippen LogP contribution in [0, 0.1) is 10.8 Å². The maximum Gasteiger partial charge on any atom is 0.130 e. The lowest BCUT2D eigenvalue weighted by Gasteiger charge is -2.28. The molecule has 0 aliphatic carbocycles. The lowest BCUT2D eigenvalue weighted by molar-refractivity contribution is 0.122. The van der Waals surface area contributed by atoms with Crippen molar-refractivity contribution in [3.05, 3.63) is 47.4 Å². The van der Waals surface area contributed by atoms with Crippen LogP contribution in [0.1, 0.15) is 18.2 Å². The molecule has 1 aliphatic heterocycles. The van der Waals surface area contributed by atoms with Gasteiger partial charge in [-0.25, -0.2) is 4.98 Å². The molecular formula is C19H23N7O. The van der Waals surface area contributed by atoms with E-state index in [1.165, 1.54) is 6.08 Å². The number of aromatic nitrogens is 2. The highest BCUT2D eigenvalue weighted by molar-refractivity contribution is 6.16. The molecule has 0 saturated carbocycles. The van der Waals surface area contributed by atoms with Crippen molar-refractivity contribution in [2.75, 3.05) is 31.2 Å². The van der Waals surface area contributed by atoms with Crippen LogP contribution >= 0.6 is 0 Å². The second-order valence-electron chi connectivity index (χ2n) is 6.27. The zero-order valence-electron chi connectivity index (χ0n) is 15.2. The second-order valence-corrected chi connectivity index (χ2v) is 6.27. The molecule has 0 bridgehead atoms. The van der Waals surface area contributed by atoms with Gasteiger partial charge in [0.2, 0.25) is 0 Å². The van der Waals surface area contributed by atoms with E-state index in [-0.39, 0.29) is 0 Å². The van der Waals surface area contributed by atoms with Crippen molar-refractivity contribution in [1.29, 1.82) is 10.8 Å². The van der Waals surface area contributed by atoms with Gasteiger partial charge in [-0.1, -0.05) is 0 Å². The molecule has 0 atom stereocenters. The normalized spacial score (nSPS) is 15.8. The van der Waals surface area contributed by atoms with Crippen LogP contribution in [-0.4, -0.2) is 48.2 Å². The zero-order valence-corrected chi connectivity index (χ0v) is 15.2. The Hall–Kier alpha value is -3.26. The van der Waals surface area contributed by atoms with Crippen molar-refractivity contribution in [1.82, 2.24) is 9.97 Å². The summed E-state index contributed by atoms with van der Waals surface area (Å²) in [7, 11) is 0. The average molecular weight is 365 g/mol. The molecule has 0 amide bonds. The molecule has 2 aromatic rings. The van der Waals surface area contributed by atoms with Crippen molar-refractivity contribution in [3.8, 4) is 0 Å². The molecule has 3 heterocycles. The van der Waals surface area contributed by atoms with E-state index in [0.29, 0.717) is 47.1 Å². The van der Waals surface area contributed by atoms with Gasteiger partial charge in [0.05, 0.1) is 24.6 Å². The van der Waals surface area contributed by atoms with Crippen LogP contribution < -0.4 is 16.4 Å². The maximum absolute atomic E-state index is 8.48. The Morgan fingerprint density at radius 3 is 2.70 bits per heavy atom. The highest BCUT2D eigenvalue weighted by atomic mass is 16.5. The van der Waals surface area contributed by atoms with E-state index in [9.17, 15) is 0 Å². The van der Waals surface area contributed by atoms with Gasteiger partial charge < -0.3 is 31.9 Å². The monoisotopic (exact) mass is 365 g/mol. The Morgan fingerprint density at radius 2 is 2.04 bits per heavy atom. The summed E-state index contributed by atoms with van der Waals surface area (Å²) < 4.78 is 5.43. The average Bonchev–Trinajstić information content (AvgIpc) is 2.67. The van der Waals surface area contributed by atoms with Gasteiger partial charge in [0.25, 0.3) is 0 Å². The number of allylic oxidation sites excluding steroid dienone is 3. The van der Waals surface area contributed by atoms with E-state index >= 15 is 0 Å². The van der Waals surface area contributed by atoms with Crippen molar-refractivity contribution in [2.45, 2.75) is 6.92 Å². The van der Waals surface area contributed by atoms with Crippen molar-refractivity contribution < 1.29 is 4.74 Å². The number of anilines is 1. The zero-order chi connectivity index (χ0) is 19.4. The summed E-state index contributed by atoms with van der Waals surface area (Å²) >= 11 is 0. The predicted octanol–water partition coefficient (Wildman–Crippen LogP) is 1.65. The first kappa shape index (κ1) is 18.5. The summed E-state index contributed by atoms with van der Waals surface area (Å²) in [6.07, 6.45) is 5.84. The molecule has 140 valence electrons. The SMILES string of the molecule is C/C(N)=C/C(=N)c1cc(N2CCOCC2)nc2c(/C(N)=C/C=N)nccc12. The number of hydrogen-bond donors (Lipinski definition) is 4. The minimum atomic E-state index is 0.295. The fourth-order valence-corrected chi connectivity index (χ4v) is 3.00. The minimum Gasteiger partial charge on any atom is -0.402 e. The van der Waals surface area contributed by atoms with E-state index in [4.69, 9.17) is 32.0 Å². The number of morpholine rings is 1. The number of pyridine rings is 2. The first-order valence-electron chi connectivity index (χ1n) is 8.63. The first-order valence-corrected chi connectivity index (χ1v) is 8.63. The molecule has 2 aromatic heterocycles. The number of nitrogens with zero attached hydrogens (tertiary/aromatic N) is 3. The van der Waals surface area contributed by atoms with Gasteiger partial charge in [0.1, 0.15) is 17.0 Å². The summed E-state index contributed by atoms with van der Waals surface area (Å²) in [5.41, 5.74) is 14.9. The van der Waals surface area contributed by atoms with E-state index in [1.807, 2.05) is 12.1 Å². The van der Waals surface area contributed by atoms with Gasteiger partial charge in [-0.2, -0.15) is 0 Å². The maximum atomic E-state index is 8.48. The molecule has 8 heteroatoms. The third-order valence-corrected chi connectivity index (χ3v) is 4.25. The van der Waals surface area contributed by atoms with Crippen LogP contribution in [0.4, 0.5) is 5.82 Å². The molecule has 1 saturated heterocycles. The number of ether oxygens (including phenoxy) is 1. The fourth-order valence-electron chi connectivity index (χ4n) is 3.00. The smallest absolute Gasteiger partial charge is 0.130 e. The topological polar surface area (TPSA) is 138 Å². The van der Waals surface area contributed by atoms with Gasteiger partial charge in [-0.15, -0.1) is 0 Å². The van der Waals surface area contributed by atoms with E-state index in [1.54, 1.807) is 19.2 Å². The number of fused-ring (bicyclic) bond motifs is 1. The van der Waals surface area contributed by atoms with Gasteiger partial charge in [-0.3, -0.25) is 4.98 Å². The van der Waals surface area contributed by atoms with Gasteiger partial charge >= 0.3 is 0 Å². The highest BCUT2D eigenvalue weighted by Gasteiger charge is 2.18. The van der Waals surface area contributed by atoms with Crippen LogP contribution in [0.2, 0.25) is 0 Å². The predicted molar refractivity (Wildman–Crippen MR) is 108 cm³/mol. The van der Waals surface area contributed by atoms with Crippen molar-refractivity contribution in [2.24, 2.45) is 11.5 Å².